The van der Waals surface area contributed by atoms with Gasteiger partial charge in [0.15, 0.2) is 0 Å². The molecule has 6 nitrogen and oxygen atoms in total. The van der Waals surface area contributed by atoms with Crippen LogP contribution in [-0.2, 0) is 0 Å². The number of nitrogen functional groups attached to an aromatic ring is 1. The van der Waals surface area contributed by atoms with E-state index in [4.69, 9.17) is 11.0 Å². The lowest BCUT2D eigenvalue weighted by molar-refractivity contribution is -0.385. The lowest BCUT2D eigenvalue weighted by Gasteiger charge is -2.00. The highest BCUT2D eigenvalue weighted by Gasteiger charge is 2.09. The zero-order valence-electron chi connectivity index (χ0n) is 11.1. The summed E-state index contributed by atoms with van der Waals surface area (Å²) in [6.45, 7) is 1.83. The van der Waals surface area contributed by atoms with Gasteiger partial charge in [0.2, 0.25) is 0 Å². The summed E-state index contributed by atoms with van der Waals surface area (Å²) in [4.78, 5) is 13.9. The fraction of sp³-hybridized carbons (Fsp3) is 0.0667. The summed E-state index contributed by atoms with van der Waals surface area (Å²) < 4.78 is 0. The van der Waals surface area contributed by atoms with Gasteiger partial charge in [-0.3, -0.25) is 10.1 Å². The Morgan fingerprint density at radius 3 is 2.76 bits per heavy atom. The number of aromatic nitrogens is 1. The van der Waals surface area contributed by atoms with E-state index in [0.29, 0.717) is 11.1 Å². The molecule has 0 spiro atoms. The Balaban J connectivity index is 2.52. The van der Waals surface area contributed by atoms with Gasteiger partial charge in [0.05, 0.1) is 16.1 Å². The predicted molar refractivity (Wildman–Crippen MR) is 77.2 cm³/mol. The molecular formula is C15H10N4O2. The van der Waals surface area contributed by atoms with Gasteiger partial charge in [-0.05, 0) is 18.6 Å². The number of nitriles is 1. The van der Waals surface area contributed by atoms with Crippen molar-refractivity contribution < 1.29 is 4.92 Å². The maximum Gasteiger partial charge on any atom is 0.288 e. The van der Waals surface area contributed by atoms with Crippen LogP contribution in [0.4, 0.5) is 11.5 Å². The van der Waals surface area contributed by atoms with Gasteiger partial charge in [0, 0.05) is 11.6 Å². The fourth-order valence-electron chi connectivity index (χ4n) is 1.72. The van der Waals surface area contributed by atoms with Crippen molar-refractivity contribution in [3.63, 3.8) is 0 Å². The number of nitrogens with two attached hydrogens (primary N) is 1. The summed E-state index contributed by atoms with van der Waals surface area (Å²) in [5.41, 5.74) is 7.60. The summed E-state index contributed by atoms with van der Waals surface area (Å²) in [6, 6.07) is 8.58. The molecule has 1 aromatic carbocycles. The van der Waals surface area contributed by atoms with E-state index in [1.165, 1.54) is 6.07 Å². The maximum atomic E-state index is 10.7. The second-order valence-corrected chi connectivity index (χ2v) is 4.24. The van der Waals surface area contributed by atoms with E-state index in [0.717, 1.165) is 11.8 Å². The Morgan fingerprint density at radius 1 is 1.33 bits per heavy atom. The number of nitro groups is 1. The number of hydrogen-bond donors (Lipinski definition) is 1. The van der Waals surface area contributed by atoms with E-state index in [2.05, 4.69) is 22.9 Å². The Kier molecular flexibility index (Phi) is 3.83. The summed E-state index contributed by atoms with van der Waals surface area (Å²) in [7, 11) is 0. The van der Waals surface area contributed by atoms with Crippen molar-refractivity contribution in [1.82, 2.24) is 4.98 Å². The average Bonchev–Trinajstić information content (AvgIpc) is 2.47. The van der Waals surface area contributed by atoms with Crippen molar-refractivity contribution in [2.24, 2.45) is 0 Å². The summed E-state index contributed by atoms with van der Waals surface area (Å²) in [6.07, 6.45) is 1.08. The highest BCUT2D eigenvalue weighted by Crippen LogP contribution is 2.17. The van der Waals surface area contributed by atoms with Crippen molar-refractivity contribution in [2.75, 3.05) is 5.73 Å². The van der Waals surface area contributed by atoms with Crippen LogP contribution in [0.1, 0.15) is 22.3 Å². The molecule has 0 amide bonds. The molecule has 6 heteroatoms. The maximum absolute atomic E-state index is 10.7. The van der Waals surface area contributed by atoms with E-state index in [-0.39, 0.29) is 17.1 Å². The molecule has 0 unspecified atom stereocenters. The van der Waals surface area contributed by atoms with Crippen LogP contribution in [-0.4, -0.2) is 9.91 Å². The summed E-state index contributed by atoms with van der Waals surface area (Å²) >= 11 is 0. The molecule has 21 heavy (non-hydrogen) atoms. The van der Waals surface area contributed by atoms with Gasteiger partial charge in [-0.1, -0.05) is 24.0 Å². The minimum absolute atomic E-state index is 0.111. The van der Waals surface area contributed by atoms with Crippen molar-refractivity contribution in [2.45, 2.75) is 6.92 Å². The van der Waals surface area contributed by atoms with Crippen LogP contribution in [0.15, 0.2) is 30.5 Å². The van der Waals surface area contributed by atoms with E-state index < -0.39 is 4.92 Å². The number of anilines is 1. The molecule has 2 N–H and O–H groups in total. The molecule has 0 radical (unpaired) electrons. The first-order chi connectivity index (χ1) is 10.0. The smallest absolute Gasteiger partial charge is 0.288 e. The summed E-state index contributed by atoms with van der Waals surface area (Å²) in [5.74, 6) is 5.70. The first kappa shape index (κ1) is 14.0. The average molecular weight is 278 g/mol. The normalized spacial score (nSPS) is 9.33. The minimum atomic E-state index is -0.563. The van der Waals surface area contributed by atoms with Crippen molar-refractivity contribution in [3.05, 3.63) is 62.8 Å². The van der Waals surface area contributed by atoms with E-state index in [9.17, 15) is 10.1 Å². The van der Waals surface area contributed by atoms with Gasteiger partial charge in [-0.25, -0.2) is 4.98 Å². The van der Waals surface area contributed by atoms with Gasteiger partial charge in [-0.2, -0.15) is 5.26 Å². The van der Waals surface area contributed by atoms with Crippen LogP contribution in [0.5, 0.6) is 0 Å². The number of benzene rings is 1. The first-order valence-corrected chi connectivity index (χ1v) is 5.94. The summed E-state index contributed by atoms with van der Waals surface area (Å²) in [5, 5.41) is 19.8. The second kappa shape index (κ2) is 5.72. The molecule has 0 saturated heterocycles. The molecule has 0 bridgehead atoms. The lowest BCUT2D eigenvalue weighted by Crippen LogP contribution is -1.97. The van der Waals surface area contributed by atoms with Crippen LogP contribution in [0, 0.1) is 40.2 Å². The van der Waals surface area contributed by atoms with Crippen molar-refractivity contribution >= 4 is 11.5 Å². The van der Waals surface area contributed by atoms with Crippen LogP contribution in [0.3, 0.4) is 0 Å². The van der Waals surface area contributed by atoms with E-state index >= 15 is 0 Å². The van der Waals surface area contributed by atoms with Crippen LogP contribution >= 0.6 is 0 Å². The first-order valence-electron chi connectivity index (χ1n) is 5.94. The third-order valence-corrected chi connectivity index (χ3v) is 2.83. The topological polar surface area (TPSA) is 106 Å². The lowest BCUT2D eigenvalue weighted by atomic mass is 10.0. The Bertz CT molecular complexity index is 826. The molecule has 0 saturated carbocycles. The Hall–Kier alpha value is -3.38. The highest BCUT2D eigenvalue weighted by atomic mass is 16.6. The SMILES string of the molecule is Cc1cccc(C#N)c1C#Cc1cc([N+](=O)[O-])cnc1N. The molecule has 2 aromatic rings. The molecule has 0 aliphatic heterocycles. The second-order valence-electron chi connectivity index (χ2n) is 4.24. The van der Waals surface area contributed by atoms with Crippen molar-refractivity contribution in [1.29, 1.82) is 5.26 Å². The van der Waals surface area contributed by atoms with Crippen molar-refractivity contribution in [3.8, 4) is 17.9 Å². The number of nitrogens with zero attached hydrogens (tertiary/aromatic N) is 3. The quantitative estimate of drug-likeness (QED) is 0.488. The zero-order valence-corrected chi connectivity index (χ0v) is 11.1. The molecule has 1 heterocycles. The van der Waals surface area contributed by atoms with E-state index in [1.807, 2.05) is 13.0 Å². The molecule has 0 aliphatic carbocycles. The van der Waals surface area contributed by atoms with Gasteiger partial charge in [0.1, 0.15) is 18.1 Å². The predicted octanol–water partition coefficient (Wildman–Crippen LogP) is 2.15. The fourth-order valence-corrected chi connectivity index (χ4v) is 1.72. The zero-order chi connectivity index (χ0) is 15.4. The Labute approximate surface area is 121 Å². The molecule has 0 atom stereocenters. The van der Waals surface area contributed by atoms with Gasteiger partial charge >= 0.3 is 0 Å². The molecule has 0 fully saturated rings. The van der Waals surface area contributed by atoms with Gasteiger partial charge in [0.25, 0.3) is 5.69 Å². The van der Waals surface area contributed by atoms with Crippen LogP contribution in [0.25, 0.3) is 0 Å². The third-order valence-electron chi connectivity index (χ3n) is 2.83. The molecule has 2 rings (SSSR count). The largest absolute Gasteiger partial charge is 0.383 e. The number of pyridine rings is 1. The number of aryl methyl sites for hydroxylation is 1. The van der Waals surface area contributed by atoms with E-state index in [1.54, 1.807) is 12.1 Å². The number of hydrogen-bond acceptors (Lipinski definition) is 5. The van der Waals surface area contributed by atoms with Crippen LogP contribution in [0.2, 0.25) is 0 Å². The molecule has 0 aliphatic rings. The molecule has 1 aromatic heterocycles. The monoisotopic (exact) mass is 278 g/mol. The molecule has 102 valence electrons. The van der Waals surface area contributed by atoms with Gasteiger partial charge < -0.3 is 5.73 Å². The Morgan fingerprint density at radius 2 is 2.10 bits per heavy atom. The third kappa shape index (κ3) is 2.96. The minimum Gasteiger partial charge on any atom is -0.383 e. The van der Waals surface area contributed by atoms with Crippen LogP contribution < -0.4 is 5.73 Å². The highest BCUT2D eigenvalue weighted by molar-refractivity contribution is 5.59. The standard InChI is InChI=1S/C15H10N4O2/c1-10-3-2-4-12(8-16)14(10)6-5-11-7-13(19(20)21)9-18-15(11)17/h2-4,7,9H,1H3,(H2,17,18). The number of rotatable bonds is 1. The molecular weight excluding hydrogens is 268 g/mol. The van der Waals surface area contributed by atoms with Gasteiger partial charge in [-0.15, -0.1) is 0 Å².